The average Bonchev–Trinajstić information content (AvgIpc) is 2.79. The second kappa shape index (κ2) is 10.8. The van der Waals surface area contributed by atoms with Crippen molar-refractivity contribution in [2.45, 2.75) is 32.0 Å². The molecule has 0 bridgehead atoms. The molecule has 31 heavy (non-hydrogen) atoms. The van der Waals surface area contributed by atoms with Gasteiger partial charge in [0.15, 0.2) is 0 Å². The molecule has 9 heteroatoms. The number of carbonyl (C=O) groups is 1. The van der Waals surface area contributed by atoms with Crippen molar-refractivity contribution < 1.29 is 24.7 Å². The third-order valence-electron chi connectivity index (χ3n) is 5.15. The third kappa shape index (κ3) is 5.99. The Morgan fingerprint density at radius 1 is 1.39 bits per heavy atom. The van der Waals surface area contributed by atoms with Gasteiger partial charge in [-0.2, -0.15) is 6.42 Å². The summed E-state index contributed by atoms with van der Waals surface area (Å²) in [4.78, 5) is 18.5. The van der Waals surface area contributed by atoms with Crippen molar-refractivity contribution in [2.75, 3.05) is 42.7 Å². The van der Waals surface area contributed by atoms with E-state index in [4.69, 9.17) is 20.9 Å². The van der Waals surface area contributed by atoms with E-state index in [0.717, 1.165) is 25.2 Å². The molecule has 0 spiro atoms. The highest BCUT2D eigenvalue weighted by atomic mass is 16.5. The van der Waals surface area contributed by atoms with Crippen LogP contribution >= 0.6 is 0 Å². The number of hydrogen-bond donors (Lipinski definition) is 4. The molecule has 1 unspecified atom stereocenters. The molecule has 1 aromatic carbocycles. The van der Waals surface area contributed by atoms with Gasteiger partial charge in [-0.1, -0.05) is 6.07 Å². The lowest BCUT2D eigenvalue weighted by Crippen LogP contribution is -2.95. The number of aliphatic hydroxyl groups excluding tert-OH is 1. The van der Waals surface area contributed by atoms with Crippen LogP contribution in [0.3, 0.4) is 0 Å². The standard InChI is InChI=1S/C22H30N5O4/c1-2-30-22(29)15-9-10-20(25-12-15)27-11-4-3-8-19(27)26-13-16(28)14-31-18-7-5-6-17(23)21(18)24/h3,5-7,9-10,12,16,19,26,28H,2,4,8,11,13-14,23-24H2,1H3/q-1/p+1/t16-,19?/m0/s1. The molecule has 1 aliphatic rings. The minimum Gasteiger partial charge on any atom is -0.488 e. The lowest BCUT2D eigenvalue weighted by molar-refractivity contribution is -0.694. The Morgan fingerprint density at radius 3 is 2.97 bits per heavy atom. The monoisotopic (exact) mass is 429 g/mol. The molecule has 2 aromatic rings. The van der Waals surface area contributed by atoms with Gasteiger partial charge in [0.25, 0.3) is 0 Å². The number of quaternary nitrogens is 1. The number of aromatic nitrogens is 1. The van der Waals surface area contributed by atoms with Crippen LogP contribution < -0.4 is 26.4 Å². The van der Waals surface area contributed by atoms with Crippen molar-refractivity contribution in [3.63, 3.8) is 0 Å². The first kappa shape index (κ1) is 22.6. The summed E-state index contributed by atoms with van der Waals surface area (Å²) in [6.07, 6.45) is 5.01. The molecule has 7 N–H and O–H groups in total. The summed E-state index contributed by atoms with van der Waals surface area (Å²) in [7, 11) is 0. The predicted molar refractivity (Wildman–Crippen MR) is 118 cm³/mol. The van der Waals surface area contributed by atoms with Crippen LogP contribution in [-0.2, 0) is 4.74 Å². The van der Waals surface area contributed by atoms with Crippen LogP contribution in [0.2, 0.25) is 0 Å². The van der Waals surface area contributed by atoms with Crippen LogP contribution in [0.4, 0.5) is 17.2 Å². The lowest BCUT2D eigenvalue weighted by atomic mass is 10.1. The van der Waals surface area contributed by atoms with Crippen molar-refractivity contribution in [3.05, 3.63) is 48.5 Å². The predicted octanol–water partition coefficient (Wildman–Crippen LogP) is 0.557. The van der Waals surface area contributed by atoms with Crippen LogP contribution in [0.15, 0.2) is 36.5 Å². The fraction of sp³-hybridized carbons (Fsp3) is 0.409. The van der Waals surface area contributed by atoms with Gasteiger partial charge in [0.2, 0.25) is 0 Å². The van der Waals surface area contributed by atoms with Gasteiger partial charge in [0, 0.05) is 6.20 Å². The fourth-order valence-corrected chi connectivity index (χ4v) is 3.47. The molecule has 1 fully saturated rings. The van der Waals surface area contributed by atoms with E-state index >= 15 is 0 Å². The number of piperidine rings is 1. The number of para-hydroxylation sites is 1. The van der Waals surface area contributed by atoms with Gasteiger partial charge in [0.1, 0.15) is 37.0 Å². The normalized spacial score (nSPS) is 17.2. The number of hydrogen-bond acceptors (Lipinski definition) is 8. The molecule has 2 heterocycles. The second-order valence-corrected chi connectivity index (χ2v) is 7.39. The number of carbonyl (C=O) groups excluding carboxylic acids is 1. The van der Waals surface area contributed by atoms with Crippen LogP contribution in [0.5, 0.6) is 5.75 Å². The van der Waals surface area contributed by atoms with E-state index in [9.17, 15) is 9.90 Å². The second-order valence-electron chi connectivity index (χ2n) is 7.39. The first-order chi connectivity index (χ1) is 15.0. The highest BCUT2D eigenvalue weighted by Gasteiger charge is 2.23. The molecule has 0 aliphatic carbocycles. The largest absolute Gasteiger partial charge is 0.488 e. The SMILES string of the molecule is CCOC(=O)c1ccc(N2CC[CH-]CC2[NH2+]C[C@H](O)COc2cccc(N)c2N)nc1. The Morgan fingerprint density at radius 2 is 2.23 bits per heavy atom. The molecular weight excluding hydrogens is 398 g/mol. The van der Waals surface area contributed by atoms with Crippen LogP contribution in [0.25, 0.3) is 0 Å². The van der Waals surface area contributed by atoms with Gasteiger partial charge in [-0.3, -0.25) is 0 Å². The Balaban J connectivity index is 1.54. The number of rotatable bonds is 9. The topological polar surface area (TPSA) is 141 Å². The van der Waals surface area contributed by atoms with Gasteiger partial charge in [-0.05, 0) is 37.7 Å². The number of aliphatic hydroxyl groups is 1. The first-order valence-corrected chi connectivity index (χ1v) is 10.5. The van der Waals surface area contributed by atoms with E-state index in [1.165, 1.54) is 0 Å². The van der Waals surface area contributed by atoms with Crippen molar-refractivity contribution in [1.82, 2.24) is 4.98 Å². The summed E-state index contributed by atoms with van der Waals surface area (Å²) >= 11 is 0. The number of ether oxygens (including phenoxy) is 2. The van der Waals surface area contributed by atoms with Crippen LogP contribution in [0.1, 0.15) is 30.1 Å². The minimum absolute atomic E-state index is 0.0989. The zero-order valence-corrected chi connectivity index (χ0v) is 17.7. The maximum Gasteiger partial charge on any atom is 0.339 e. The van der Waals surface area contributed by atoms with E-state index in [0.29, 0.717) is 35.8 Å². The van der Waals surface area contributed by atoms with Crippen molar-refractivity contribution in [3.8, 4) is 5.75 Å². The number of nitrogens with zero attached hydrogens (tertiary/aromatic N) is 2. The van der Waals surface area contributed by atoms with Gasteiger partial charge in [-0.25, -0.2) is 9.78 Å². The van der Waals surface area contributed by atoms with E-state index in [-0.39, 0.29) is 18.7 Å². The highest BCUT2D eigenvalue weighted by molar-refractivity contribution is 5.89. The molecule has 2 atom stereocenters. The number of nitrogens with two attached hydrogens (primary N) is 3. The van der Waals surface area contributed by atoms with Crippen molar-refractivity contribution in [2.24, 2.45) is 0 Å². The van der Waals surface area contributed by atoms with Crippen LogP contribution in [0, 0.1) is 6.42 Å². The summed E-state index contributed by atoms with van der Waals surface area (Å²) in [5.74, 6) is 0.888. The summed E-state index contributed by atoms with van der Waals surface area (Å²) in [6, 6.07) is 8.75. The van der Waals surface area contributed by atoms with Crippen molar-refractivity contribution >= 4 is 23.2 Å². The zero-order chi connectivity index (χ0) is 22.2. The van der Waals surface area contributed by atoms with Crippen LogP contribution in [-0.4, -0.2) is 54.6 Å². The third-order valence-corrected chi connectivity index (χ3v) is 5.15. The Hall–Kier alpha value is -3.04. The smallest absolute Gasteiger partial charge is 0.339 e. The van der Waals surface area contributed by atoms with E-state index in [1.807, 2.05) is 6.07 Å². The Labute approximate surface area is 182 Å². The summed E-state index contributed by atoms with van der Waals surface area (Å²) < 4.78 is 10.6. The quantitative estimate of drug-likeness (QED) is 0.257. The van der Waals surface area contributed by atoms with Crippen molar-refractivity contribution in [1.29, 1.82) is 0 Å². The molecule has 9 nitrogen and oxygen atoms in total. The molecule has 168 valence electrons. The number of anilines is 3. The highest BCUT2D eigenvalue weighted by Crippen LogP contribution is 2.26. The summed E-state index contributed by atoms with van der Waals surface area (Å²) in [5, 5.41) is 12.5. The number of pyridine rings is 1. The molecule has 0 amide bonds. The minimum atomic E-state index is -0.677. The molecular formula is C22H31N5O4. The maximum absolute atomic E-state index is 11.8. The first-order valence-electron chi connectivity index (χ1n) is 10.5. The molecule has 1 saturated heterocycles. The van der Waals surface area contributed by atoms with Gasteiger partial charge < -0.3 is 42.7 Å². The molecule has 0 saturated carbocycles. The number of esters is 1. The van der Waals surface area contributed by atoms with E-state index < -0.39 is 6.10 Å². The molecule has 0 radical (unpaired) electrons. The summed E-state index contributed by atoms with van der Waals surface area (Å²) in [5.41, 5.74) is 12.9. The Kier molecular flexibility index (Phi) is 7.91. The lowest BCUT2D eigenvalue weighted by Gasteiger charge is -2.39. The van der Waals surface area contributed by atoms with E-state index in [2.05, 4.69) is 21.6 Å². The summed E-state index contributed by atoms with van der Waals surface area (Å²) in [6.45, 7) is 3.49. The van der Waals surface area contributed by atoms with E-state index in [1.54, 1.807) is 37.4 Å². The van der Waals surface area contributed by atoms with Gasteiger partial charge >= 0.3 is 5.97 Å². The van der Waals surface area contributed by atoms with Gasteiger partial charge in [-0.15, -0.1) is 6.42 Å². The molecule has 1 aromatic heterocycles. The molecule has 3 rings (SSSR count). The molecule has 1 aliphatic heterocycles. The average molecular weight is 430 g/mol. The Bertz CT molecular complexity index is 861. The number of benzene rings is 1. The maximum atomic E-state index is 11.8. The zero-order valence-electron chi connectivity index (χ0n) is 17.7. The van der Waals surface area contributed by atoms with Gasteiger partial charge in [0.05, 0.1) is 23.5 Å². The number of nitrogen functional groups attached to an aromatic ring is 2. The fourth-order valence-electron chi connectivity index (χ4n) is 3.47.